The fourth-order valence-corrected chi connectivity index (χ4v) is 1.65. The van der Waals surface area contributed by atoms with Crippen molar-refractivity contribution in [2.75, 3.05) is 19.9 Å². The van der Waals surface area contributed by atoms with E-state index in [9.17, 15) is 18.0 Å². The highest BCUT2D eigenvalue weighted by atomic mass is 32.2. The van der Waals surface area contributed by atoms with Crippen molar-refractivity contribution in [3.63, 3.8) is 0 Å². The van der Waals surface area contributed by atoms with Crippen LogP contribution in [-0.2, 0) is 28.7 Å². The van der Waals surface area contributed by atoms with E-state index in [4.69, 9.17) is 4.74 Å². The Hall–Kier alpha value is -1.41. The average molecular weight is 279 g/mol. The fraction of sp³-hybridized carbons (Fsp3) is 0.600. The zero-order valence-electron chi connectivity index (χ0n) is 10.6. The van der Waals surface area contributed by atoms with Gasteiger partial charge in [-0.1, -0.05) is 6.08 Å². The number of hydrogen-bond acceptors (Lipinski definition) is 6. The summed E-state index contributed by atoms with van der Waals surface area (Å²) in [7, 11) is -2.72. The number of allylic oxidation sites excluding steroid dienone is 1. The first kappa shape index (κ1) is 16.6. The van der Waals surface area contributed by atoms with Crippen LogP contribution in [0.3, 0.4) is 0 Å². The SMILES string of the molecule is C=CCC(C(=O)OCC)C(=O)N(C)OS(C)(=O)=O. The lowest BCUT2D eigenvalue weighted by molar-refractivity contribution is -0.166. The summed E-state index contributed by atoms with van der Waals surface area (Å²) < 4.78 is 30.8. The Bertz CT molecular complexity index is 416. The molecule has 7 nitrogen and oxygen atoms in total. The Morgan fingerprint density at radius 2 is 2.00 bits per heavy atom. The van der Waals surface area contributed by atoms with Crippen molar-refractivity contribution in [2.24, 2.45) is 5.92 Å². The van der Waals surface area contributed by atoms with Crippen LogP contribution in [-0.4, -0.2) is 45.3 Å². The number of carbonyl (C=O) groups is 2. The summed E-state index contributed by atoms with van der Waals surface area (Å²) in [5.74, 6) is -2.71. The van der Waals surface area contributed by atoms with Crippen LogP contribution in [0.1, 0.15) is 13.3 Å². The number of hydrogen-bond donors (Lipinski definition) is 0. The molecule has 0 aliphatic rings. The van der Waals surface area contributed by atoms with E-state index in [1.54, 1.807) is 6.92 Å². The molecular formula is C10H17NO6S. The van der Waals surface area contributed by atoms with Gasteiger partial charge in [-0.3, -0.25) is 9.59 Å². The van der Waals surface area contributed by atoms with Gasteiger partial charge in [-0.2, -0.15) is 8.42 Å². The van der Waals surface area contributed by atoms with Gasteiger partial charge < -0.3 is 4.74 Å². The molecule has 0 aliphatic carbocycles. The van der Waals surface area contributed by atoms with Crippen LogP contribution in [0.5, 0.6) is 0 Å². The predicted molar refractivity (Wildman–Crippen MR) is 63.6 cm³/mol. The standard InChI is InChI=1S/C10H17NO6S/c1-5-7-8(10(13)16-6-2)9(12)11(3)17-18(4,14)15/h5,8H,1,6-7H2,2-4H3. The summed E-state index contributed by atoms with van der Waals surface area (Å²) >= 11 is 0. The van der Waals surface area contributed by atoms with Crippen molar-refractivity contribution >= 4 is 22.0 Å². The highest BCUT2D eigenvalue weighted by molar-refractivity contribution is 7.85. The molecule has 18 heavy (non-hydrogen) atoms. The highest BCUT2D eigenvalue weighted by Crippen LogP contribution is 2.11. The number of amides is 1. The minimum atomic E-state index is -3.83. The van der Waals surface area contributed by atoms with Crippen LogP contribution in [0, 0.1) is 5.92 Å². The molecule has 0 aromatic rings. The number of hydroxylamine groups is 2. The molecule has 0 N–H and O–H groups in total. The Morgan fingerprint density at radius 1 is 1.44 bits per heavy atom. The molecule has 0 spiro atoms. The van der Waals surface area contributed by atoms with E-state index in [0.717, 1.165) is 13.3 Å². The monoisotopic (exact) mass is 279 g/mol. The second-order valence-electron chi connectivity index (χ2n) is 3.44. The van der Waals surface area contributed by atoms with E-state index in [2.05, 4.69) is 10.9 Å². The predicted octanol–water partition coefficient (Wildman–Crippen LogP) is 0.0914. The molecule has 0 rings (SSSR count). The summed E-state index contributed by atoms with van der Waals surface area (Å²) in [5.41, 5.74) is 0. The minimum Gasteiger partial charge on any atom is -0.465 e. The first-order chi connectivity index (χ1) is 8.22. The number of carbonyl (C=O) groups excluding carboxylic acids is 2. The Balaban J connectivity index is 4.85. The summed E-state index contributed by atoms with van der Waals surface area (Å²) in [6.45, 7) is 5.14. The van der Waals surface area contributed by atoms with Gasteiger partial charge in [0.25, 0.3) is 16.0 Å². The summed E-state index contributed by atoms with van der Waals surface area (Å²) in [6.07, 6.45) is 2.20. The molecule has 0 saturated heterocycles. The van der Waals surface area contributed by atoms with Crippen molar-refractivity contribution < 1.29 is 27.0 Å². The molecule has 0 aromatic carbocycles. The quantitative estimate of drug-likeness (QED) is 0.284. The average Bonchev–Trinajstić information content (AvgIpc) is 2.22. The normalized spacial score (nSPS) is 12.6. The van der Waals surface area contributed by atoms with Gasteiger partial charge in [0.2, 0.25) is 0 Å². The van der Waals surface area contributed by atoms with E-state index in [-0.39, 0.29) is 13.0 Å². The third kappa shape index (κ3) is 5.78. The van der Waals surface area contributed by atoms with E-state index >= 15 is 0 Å². The van der Waals surface area contributed by atoms with Crippen molar-refractivity contribution in [1.82, 2.24) is 5.06 Å². The highest BCUT2D eigenvalue weighted by Gasteiger charge is 2.31. The van der Waals surface area contributed by atoms with Gasteiger partial charge in [-0.25, -0.2) is 5.06 Å². The molecule has 0 heterocycles. The second-order valence-corrected chi connectivity index (χ2v) is 5.00. The number of rotatable bonds is 7. The molecule has 0 radical (unpaired) electrons. The Labute approximate surface area is 106 Å². The lowest BCUT2D eigenvalue weighted by Gasteiger charge is -2.19. The van der Waals surface area contributed by atoms with Crippen LogP contribution in [0.25, 0.3) is 0 Å². The van der Waals surface area contributed by atoms with Crippen LogP contribution in [0.2, 0.25) is 0 Å². The van der Waals surface area contributed by atoms with Gasteiger partial charge in [-0.05, 0) is 13.3 Å². The zero-order valence-corrected chi connectivity index (χ0v) is 11.4. The fourth-order valence-electron chi connectivity index (χ4n) is 1.17. The number of nitrogens with zero attached hydrogens (tertiary/aromatic N) is 1. The lowest BCUT2D eigenvalue weighted by atomic mass is 10.1. The van der Waals surface area contributed by atoms with Crippen molar-refractivity contribution in [3.8, 4) is 0 Å². The van der Waals surface area contributed by atoms with Crippen molar-refractivity contribution in [2.45, 2.75) is 13.3 Å². The topological polar surface area (TPSA) is 90.0 Å². The molecule has 8 heteroatoms. The van der Waals surface area contributed by atoms with Crippen LogP contribution >= 0.6 is 0 Å². The maximum atomic E-state index is 11.8. The minimum absolute atomic E-state index is 0.0368. The van der Waals surface area contributed by atoms with Crippen LogP contribution in [0.4, 0.5) is 0 Å². The van der Waals surface area contributed by atoms with Gasteiger partial charge >= 0.3 is 5.97 Å². The van der Waals surface area contributed by atoms with Crippen molar-refractivity contribution in [1.29, 1.82) is 0 Å². The van der Waals surface area contributed by atoms with Gasteiger partial charge in [0.1, 0.15) is 5.92 Å². The summed E-state index contributed by atoms with van der Waals surface area (Å²) in [6, 6.07) is 0. The maximum absolute atomic E-state index is 11.8. The molecule has 1 unspecified atom stereocenters. The number of ether oxygens (including phenoxy) is 1. The first-order valence-corrected chi connectivity index (χ1v) is 6.99. The van der Waals surface area contributed by atoms with Gasteiger partial charge in [0, 0.05) is 7.05 Å². The molecular weight excluding hydrogens is 262 g/mol. The van der Waals surface area contributed by atoms with E-state index in [1.165, 1.54) is 6.08 Å². The molecule has 1 amide bonds. The number of esters is 1. The largest absolute Gasteiger partial charge is 0.465 e. The van der Waals surface area contributed by atoms with E-state index in [1.807, 2.05) is 0 Å². The molecule has 1 atom stereocenters. The second kappa shape index (κ2) is 7.12. The zero-order chi connectivity index (χ0) is 14.3. The van der Waals surface area contributed by atoms with Gasteiger partial charge in [0.15, 0.2) is 0 Å². The summed E-state index contributed by atoms with van der Waals surface area (Å²) in [4.78, 5) is 23.3. The third-order valence-corrected chi connectivity index (χ3v) is 2.32. The van der Waals surface area contributed by atoms with Crippen LogP contribution in [0.15, 0.2) is 12.7 Å². The first-order valence-electron chi connectivity index (χ1n) is 5.17. The van der Waals surface area contributed by atoms with Crippen LogP contribution < -0.4 is 0 Å². The van der Waals surface area contributed by atoms with E-state index < -0.39 is 27.9 Å². The third-order valence-electron chi connectivity index (χ3n) is 1.83. The smallest absolute Gasteiger partial charge is 0.318 e. The van der Waals surface area contributed by atoms with E-state index in [0.29, 0.717) is 5.06 Å². The van der Waals surface area contributed by atoms with Gasteiger partial charge in [-0.15, -0.1) is 10.9 Å². The molecule has 104 valence electrons. The molecule has 0 aliphatic heterocycles. The lowest BCUT2D eigenvalue weighted by Crippen LogP contribution is -2.38. The maximum Gasteiger partial charge on any atom is 0.318 e. The molecule has 0 saturated carbocycles. The Kier molecular flexibility index (Phi) is 6.56. The molecule has 0 bridgehead atoms. The Morgan fingerprint density at radius 3 is 2.39 bits per heavy atom. The van der Waals surface area contributed by atoms with Crippen molar-refractivity contribution in [3.05, 3.63) is 12.7 Å². The molecule has 0 aromatic heterocycles. The molecule has 0 fully saturated rings. The summed E-state index contributed by atoms with van der Waals surface area (Å²) in [5, 5.41) is 0.500. The van der Waals surface area contributed by atoms with Gasteiger partial charge in [0.05, 0.1) is 12.9 Å².